The van der Waals surface area contributed by atoms with Gasteiger partial charge in [0.25, 0.3) is 11.6 Å². The number of carbonyl (C=O) groups is 2. The first-order valence-electron chi connectivity index (χ1n) is 10.4. The second kappa shape index (κ2) is 7.96. The highest BCUT2D eigenvalue weighted by molar-refractivity contribution is 6.11. The van der Waals surface area contributed by atoms with Gasteiger partial charge in [-0.25, -0.2) is 4.79 Å². The van der Waals surface area contributed by atoms with Gasteiger partial charge in [0.15, 0.2) is 0 Å². The maximum atomic E-state index is 13.5. The number of nitro groups is 1. The van der Waals surface area contributed by atoms with Gasteiger partial charge >= 0.3 is 5.97 Å². The van der Waals surface area contributed by atoms with Gasteiger partial charge in [-0.15, -0.1) is 0 Å². The van der Waals surface area contributed by atoms with E-state index in [0.717, 1.165) is 11.1 Å². The Bertz CT molecular complexity index is 1420. The Labute approximate surface area is 193 Å². The molecule has 9 heteroatoms. The molecule has 2 heterocycles. The van der Waals surface area contributed by atoms with Crippen LogP contribution in [-0.2, 0) is 0 Å². The Hall–Kier alpha value is -4.79. The largest absolute Gasteiger partial charge is 0.478 e. The van der Waals surface area contributed by atoms with Gasteiger partial charge in [-0.05, 0) is 48.9 Å². The van der Waals surface area contributed by atoms with Gasteiger partial charge in [0, 0.05) is 28.9 Å². The fourth-order valence-electron chi connectivity index (χ4n) is 4.20. The lowest BCUT2D eigenvalue weighted by atomic mass is 9.95. The number of nitrogens with zero attached hydrogens (tertiary/aromatic N) is 3. The Morgan fingerprint density at radius 1 is 1.03 bits per heavy atom. The van der Waals surface area contributed by atoms with Crippen molar-refractivity contribution in [2.75, 3.05) is 4.90 Å². The number of hydrogen-bond acceptors (Lipinski definition) is 5. The van der Waals surface area contributed by atoms with Crippen LogP contribution in [-0.4, -0.2) is 32.1 Å². The lowest BCUT2D eigenvalue weighted by molar-refractivity contribution is -0.384. The van der Waals surface area contributed by atoms with Crippen molar-refractivity contribution in [3.05, 3.63) is 111 Å². The number of anilines is 1. The average Bonchev–Trinajstić information content (AvgIpc) is 3.38. The number of fused-ring (bicyclic) bond motifs is 1. The molecule has 4 aromatic rings. The maximum Gasteiger partial charge on any atom is 0.335 e. The van der Waals surface area contributed by atoms with Crippen LogP contribution < -0.4 is 4.90 Å². The SMILES string of the molecule is Cc1ccc(-c2n[nH]c3c2C(c2ccc([N+](=O)[O-])cc2)N(c2ccc(C(=O)O)cc2)C3=O)cc1. The van der Waals surface area contributed by atoms with Crippen molar-refractivity contribution in [2.24, 2.45) is 0 Å². The molecule has 1 aliphatic heterocycles. The van der Waals surface area contributed by atoms with Crippen LogP contribution in [0.5, 0.6) is 0 Å². The molecule has 9 nitrogen and oxygen atoms in total. The first kappa shape index (κ1) is 21.1. The number of aryl methyl sites for hydroxylation is 1. The summed E-state index contributed by atoms with van der Waals surface area (Å²) in [5.74, 6) is -1.39. The summed E-state index contributed by atoms with van der Waals surface area (Å²) in [6.07, 6.45) is 0. The minimum absolute atomic E-state index is 0.0587. The van der Waals surface area contributed by atoms with E-state index in [1.165, 1.54) is 24.3 Å². The van der Waals surface area contributed by atoms with E-state index in [1.54, 1.807) is 29.2 Å². The van der Waals surface area contributed by atoms with Crippen LogP contribution in [0.4, 0.5) is 11.4 Å². The third kappa shape index (κ3) is 3.39. The van der Waals surface area contributed by atoms with Gasteiger partial charge in [-0.3, -0.25) is 24.9 Å². The van der Waals surface area contributed by atoms with E-state index in [0.29, 0.717) is 28.2 Å². The van der Waals surface area contributed by atoms with Crippen molar-refractivity contribution in [1.82, 2.24) is 10.2 Å². The van der Waals surface area contributed by atoms with Crippen molar-refractivity contribution in [2.45, 2.75) is 13.0 Å². The standard InChI is InChI=1S/C25H18N4O5/c1-14-2-4-15(5-3-14)21-20-22(27-26-21)24(30)28(18-10-8-17(9-11-18)25(31)32)23(20)16-6-12-19(13-7-16)29(33)34/h2-13,23H,1H3,(H,26,27)(H,31,32). The zero-order chi connectivity index (χ0) is 24.0. The van der Waals surface area contributed by atoms with Gasteiger partial charge in [0.1, 0.15) is 5.69 Å². The van der Waals surface area contributed by atoms with Crippen LogP contribution in [0.3, 0.4) is 0 Å². The number of nitro benzene ring substituents is 1. The van der Waals surface area contributed by atoms with Crippen molar-refractivity contribution in [1.29, 1.82) is 0 Å². The third-order valence-electron chi connectivity index (χ3n) is 5.91. The molecule has 1 aromatic heterocycles. The Balaban J connectivity index is 1.68. The normalized spacial score (nSPS) is 14.8. The zero-order valence-electron chi connectivity index (χ0n) is 17.9. The summed E-state index contributed by atoms with van der Waals surface area (Å²) in [6, 6.07) is 19.2. The molecule has 3 aromatic carbocycles. The molecular formula is C25H18N4O5. The predicted octanol–water partition coefficient (Wildman–Crippen LogP) is 4.74. The third-order valence-corrected chi connectivity index (χ3v) is 5.91. The Kier molecular flexibility index (Phi) is 4.94. The molecule has 168 valence electrons. The highest BCUT2D eigenvalue weighted by Crippen LogP contribution is 2.45. The fourth-order valence-corrected chi connectivity index (χ4v) is 4.20. The number of carboxylic acids is 1. The molecule has 0 saturated heterocycles. The molecule has 2 N–H and O–H groups in total. The number of aromatic amines is 1. The molecular weight excluding hydrogens is 436 g/mol. The van der Waals surface area contributed by atoms with Crippen LogP contribution in [0, 0.1) is 17.0 Å². The average molecular weight is 454 g/mol. The molecule has 5 rings (SSSR count). The second-order valence-corrected chi connectivity index (χ2v) is 8.01. The zero-order valence-corrected chi connectivity index (χ0v) is 17.9. The number of carbonyl (C=O) groups excluding carboxylic acids is 1. The smallest absolute Gasteiger partial charge is 0.335 e. The van der Waals surface area contributed by atoms with Crippen LogP contribution >= 0.6 is 0 Å². The lowest BCUT2D eigenvalue weighted by Gasteiger charge is -2.26. The molecule has 1 unspecified atom stereocenters. The summed E-state index contributed by atoms with van der Waals surface area (Å²) >= 11 is 0. The molecule has 1 aliphatic rings. The van der Waals surface area contributed by atoms with Crippen LogP contribution in [0.2, 0.25) is 0 Å². The summed E-state index contributed by atoms with van der Waals surface area (Å²) in [5.41, 5.74) is 4.69. The minimum atomic E-state index is -1.07. The first-order valence-corrected chi connectivity index (χ1v) is 10.4. The van der Waals surface area contributed by atoms with Gasteiger partial charge in [-0.1, -0.05) is 29.8 Å². The maximum absolute atomic E-state index is 13.5. The van der Waals surface area contributed by atoms with Crippen molar-refractivity contribution >= 4 is 23.3 Å². The van der Waals surface area contributed by atoms with E-state index in [-0.39, 0.29) is 17.2 Å². The molecule has 1 atom stereocenters. The predicted molar refractivity (Wildman–Crippen MR) is 124 cm³/mol. The number of aromatic nitrogens is 2. The van der Waals surface area contributed by atoms with E-state index in [2.05, 4.69) is 10.2 Å². The van der Waals surface area contributed by atoms with Crippen LogP contribution in [0.25, 0.3) is 11.3 Å². The number of benzene rings is 3. The molecule has 0 spiro atoms. The lowest BCUT2D eigenvalue weighted by Crippen LogP contribution is -2.29. The number of non-ortho nitro benzene ring substituents is 1. The number of hydrogen-bond donors (Lipinski definition) is 2. The molecule has 0 bridgehead atoms. The van der Waals surface area contributed by atoms with Gasteiger partial charge in [0.2, 0.25) is 0 Å². The minimum Gasteiger partial charge on any atom is -0.478 e. The summed E-state index contributed by atoms with van der Waals surface area (Å²) in [5, 5.41) is 27.7. The van der Waals surface area contributed by atoms with Crippen molar-refractivity contribution < 1.29 is 19.6 Å². The number of nitrogens with one attached hydrogen (secondary N) is 1. The molecule has 1 amide bonds. The second-order valence-electron chi connectivity index (χ2n) is 8.01. The quantitative estimate of drug-likeness (QED) is 0.331. The van der Waals surface area contributed by atoms with Crippen molar-refractivity contribution in [3.63, 3.8) is 0 Å². The number of rotatable bonds is 5. The number of aromatic carboxylic acids is 1. The van der Waals surface area contributed by atoms with E-state index < -0.39 is 16.9 Å². The number of H-pyrrole nitrogens is 1. The van der Waals surface area contributed by atoms with E-state index in [9.17, 15) is 24.8 Å². The molecule has 0 radical (unpaired) electrons. The number of carboxylic acid groups (broad SMARTS) is 1. The summed E-state index contributed by atoms with van der Waals surface area (Å²) in [7, 11) is 0. The summed E-state index contributed by atoms with van der Waals surface area (Å²) in [4.78, 5) is 37.0. The molecule has 0 aliphatic carbocycles. The van der Waals surface area contributed by atoms with E-state index in [4.69, 9.17) is 0 Å². The fraction of sp³-hybridized carbons (Fsp3) is 0.0800. The van der Waals surface area contributed by atoms with Crippen LogP contribution in [0.15, 0.2) is 72.8 Å². The number of amides is 1. The summed E-state index contributed by atoms with van der Waals surface area (Å²) in [6.45, 7) is 1.98. The molecule has 34 heavy (non-hydrogen) atoms. The van der Waals surface area contributed by atoms with Gasteiger partial charge < -0.3 is 5.11 Å². The van der Waals surface area contributed by atoms with E-state index in [1.807, 2.05) is 31.2 Å². The van der Waals surface area contributed by atoms with E-state index >= 15 is 0 Å². The van der Waals surface area contributed by atoms with Gasteiger partial charge in [-0.2, -0.15) is 5.10 Å². The Morgan fingerprint density at radius 2 is 1.68 bits per heavy atom. The van der Waals surface area contributed by atoms with Crippen LogP contribution in [0.1, 0.15) is 43.6 Å². The van der Waals surface area contributed by atoms with Crippen molar-refractivity contribution in [3.8, 4) is 11.3 Å². The monoisotopic (exact) mass is 454 g/mol. The Morgan fingerprint density at radius 3 is 2.26 bits per heavy atom. The first-order chi connectivity index (χ1) is 16.3. The molecule has 0 saturated carbocycles. The highest BCUT2D eigenvalue weighted by atomic mass is 16.6. The highest BCUT2D eigenvalue weighted by Gasteiger charge is 2.43. The molecule has 0 fully saturated rings. The van der Waals surface area contributed by atoms with Gasteiger partial charge in [0.05, 0.1) is 22.2 Å². The summed E-state index contributed by atoms with van der Waals surface area (Å²) < 4.78 is 0. The topological polar surface area (TPSA) is 129 Å².